The fraction of sp³-hybridized carbons (Fsp3) is 0.200. The van der Waals surface area contributed by atoms with E-state index in [2.05, 4.69) is 12.7 Å². The Hall–Kier alpha value is -2.48. The number of rotatable bonds is 1. The van der Waals surface area contributed by atoms with Crippen LogP contribution in [0, 0.1) is 0 Å². The van der Waals surface area contributed by atoms with Crippen molar-refractivity contribution in [1.82, 2.24) is 0 Å². The average molecular weight is 296 g/mol. The van der Waals surface area contributed by atoms with Gasteiger partial charge in [0.05, 0.1) is 0 Å². The van der Waals surface area contributed by atoms with Crippen LogP contribution in [0.5, 0.6) is 11.5 Å². The van der Waals surface area contributed by atoms with Crippen LogP contribution in [-0.2, 0) is 0 Å². The first kappa shape index (κ1) is 17.6. The van der Waals surface area contributed by atoms with E-state index >= 15 is 0 Å². The van der Waals surface area contributed by atoms with Crippen molar-refractivity contribution < 1.29 is 10.2 Å². The van der Waals surface area contributed by atoms with E-state index < -0.39 is 0 Å². The van der Waals surface area contributed by atoms with Crippen molar-refractivity contribution in [3.63, 3.8) is 0 Å². The van der Waals surface area contributed by atoms with Gasteiger partial charge in [-0.3, -0.25) is 0 Å². The van der Waals surface area contributed by atoms with E-state index in [1.165, 1.54) is 31.3 Å². The Bertz CT molecular complexity index is 507. The second kappa shape index (κ2) is 11.2. The highest BCUT2D eigenvalue weighted by Crippen LogP contribution is 2.17. The number of phenols is 2. The van der Waals surface area contributed by atoms with Gasteiger partial charge in [0, 0.05) is 0 Å². The topological polar surface area (TPSA) is 40.5 Å². The number of para-hydroxylation sites is 2. The molecule has 0 fully saturated rings. The molecule has 22 heavy (non-hydrogen) atoms. The molecule has 1 aliphatic rings. The summed E-state index contributed by atoms with van der Waals surface area (Å²) in [6.45, 7) is 3.72. The van der Waals surface area contributed by atoms with Crippen LogP contribution in [-0.4, -0.2) is 10.2 Å². The van der Waals surface area contributed by atoms with Crippen molar-refractivity contribution in [3.05, 3.63) is 85.0 Å². The normalized spacial score (nSPS) is 12.6. The van der Waals surface area contributed by atoms with Gasteiger partial charge < -0.3 is 10.2 Å². The SMILES string of the molecule is C=CC1=CCCCC1.Oc1ccccc1.Oc1ccccc1. The summed E-state index contributed by atoms with van der Waals surface area (Å²) in [5.74, 6) is 0.644. The minimum absolute atomic E-state index is 0.322. The third-order valence-electron chi connectivity index (χ3n) is 3.10. The van der Waals surface area contributed by atoms with Crippen LogP contribution in [0.2, 0.25) is 0 Å². The van der Waals surface area contributed by atoms with Crippen molar-refractivity contribution in [2.24, 2.45) is 0 Å². The molecule has 0 aliphatic heterocycles. The molecule has 0 bridgehead atoms. The molecule has 2 nitrogen and oxygen atoms in total. The summed E-state index contributed by atoms with van der Waals surface area (Å²) in [5, 5.41) is 17.3. The van der Waals surface area contributed by atoms with E-state index in [0.717, 1.165) is 0 Å². The van der Waals surface area contributed by atoms with Gasteiger partial charge in [0.15, 0.2) is 0 Å². The minimum Gasteiger partial charge on any atom is -0.508 e. The van der Waals surface area contributed by atoms with Crippen LogP contribution in [0.15, 0.2) is 85.0 Å². The third-order valence-corrected chi connectivity index (χ3v) is 3.10. The zero-order chi connectivity index (χ0) is 16.0. The summed E-state index contributed by atoms with van der Waals surface area (Å²) in [6.07, 6.45) is 9.51. The Morgan fingerprint density at radius 3 is 1.50 bits per heavy atom. The summed E-state index contributed by atoms with van der Waals surface area (Å²) < 4.78 is 0. The molecule has 0 radical (unpaired) electrons. The highest BCUT2D eigenvalue weighted by atomic mass is 16.3. The first-order valence-electron chi connectivity index (χ1n) is 7.52. The molecule has 0 amide bonds. The number of phenolic OH excluding ortho intramolecular Hbond substituents is 2. The summed E-state index contributed by atoms with van der Waals surface area (Å²) in [4.78, 5) is 0. The molecule has 1 aliphatic carbocycles. The Morgan fingerprint density at radius 1 is 0.773 bits per heavy atom. The van der Waals surface area contributed by atoms with Gasteiger partial charge in [0.25, 0.3) is 0 Å². The van der Waals surface area contributed by atoms with Crippen molar-refractivity contribution in [1.29, 1.82) is 0 Å². The average Bonchev–Trinajstić information content (AvgIpc) is 2.58. The van der Waals surface area contributed by atoms with E-state index in [1.54, 1.807) is 48.5 Å². The third kappa shape index (κ3) is 8.64. The van der Waals surface area contributed by atoms with Gasteiger partial charge in [-0.1, -0.05) is 60.7 Å². The van der Waals surface area contributed by atoms with E-state index in [0.29, 0.717) is 11.5 Å². The molecule has 116 valence electrons. The Kier molecular flexibility index (Phi) is 8.95. The molecule has 0 saturated carbocycles. The number of allylic oxidation sites excluding steroid dienone is 3. The maximum absolute atomic E-state index is 8.63. The lowest BCUT2D eigenvalue weighted by Crippen LogP contribution is -1.86. The monoisotopic (exact) mass is 296 g/mol. The summed E-state index contributed by atoms with van der Waals surface area (Å²) in [6, 6.07) is 17.4. The van der Waals surface area contributed by atoms with Crippen LogP contribution in [0.1, 0.15) is 25.7 Å². The molecule has 0 aromatic heterocycles. The van der Waals surface area contributed by atoms with Crippen LogP contribution in [0.25, 0.3) is 0 Å². The number of benzene rings is 2. The van der Waals surface area contributed by atoms with Crippen LogP contribution >= 0.6 is 0 Å². The van der Waals surface area contributed by atoms with Gasteiger partial charge in [-0.25, -0.2) is 0 Å². The fourth-order valence-electron chi connectivity index (χ4n) is 1.90. The molecule has 0 saturated heterocycles. The van der Waals surface area contributed by atoms with Crippen molar-refractivity contribution in [3.8, 4) is 11.5 Å². The number of hydrogen-bond acceptors (Lipinski definition) is 2. The second-order valence-electron chi connectivity index (χ2n) is 4.90. The highest BCUT2D eigenvalue weighted by Gasteiger charge is 1.97. The summed E-state index contributed by atoms with van der Waals surface area (Å²) in [7, 11) is 0. The van der Waals surface area contributed by atoms with Gasteiger partial charge in [-0.15, -0.1) is 0 Å². The van der Waals surface area contributed by atoms with Gasteiger partial charge in [-0.2, -0.15) is 0 Å². The Balaban J connectivity index is 0.000000166. The van der Waals surface area contributed by atoms with Crippen molar-refractivity contribution in [2.75, 3.05) is 0 Å². The predicted octanol–water partition coefficient (Wildman–Crippen LogP) is 5.46. The van der Waals surface area contributed by atoms with E-state index in [1.807, 2.05) is 18.2 Å². The lowest BCUT2D eigenvalue weighted by molar-refractivity contribution is 0.475. The highest BCUT2D eigenvalue weighted by molar-refractivity contribution is 5.19. The smallest absolute Gasteiger partial charge is 0.115 e. The minimum atomic E-state index is 0.322. The maximum atomic E-state index is 8.63. The Morgan fingerprint density at radius 2 is 1.27 bits per heavy atom. The van der Waals surface area contributed by atoms with Gasteiger partial charge in [-0.05, 0) is 49.9 Å². The first-order valence-corrected chi connectivity index (χ1v) is 7.52. The lowest BCUT2D eigenvalue weighted by Gasteiger charge is -2.06. The quantitative estimate of drug-likeness (QED) is 0.734. The largest absolute Gasteiger partial charge is 0.508 e. The first-order chi connectivity index (χ1) is 10.7. The Labute approximate surface area is 133 Å². The molecular weight excluding hydrogens is 272 g/mol. The van der Waals surface area contributed by atoms with Crippen molar-refractivity contribution in [2.45, 2.75) is 25.7 Å². The zero-order valence-corrected chi connectivity index (χ0v) is 12.9. The van der Waals surface area contributed by atoms with E-state index in [-0.39, 0.29) is 0 Å². The molecule has 2 aromatic carbocycles. The van der Waals surface area contributed by atoms with Crippen LogP contribution < -0.4 is 0 Å². The van der Waals surface area contributed by atoms with Gasteiger partial charge in [0.2, 0.25) is 0 Å². The van der Waals surface area contributed by atoms with E-state index in [4.69, 9.17) is 10.2 Å². The molecule has 2 aromatic rings. The van der Waals surface area contributed by atoms with Crippen LogP contribution in [0.3, 0.4) is 0 Å². The number of aromatic hydroxyl groups is 2. The standard InChI is InChI=1S/C8H12.2C6H6O/c1-2-8-6-4-3-5-7-8;2*7-6-4-2-1-3-5-6/h2,6H,1,3-5,7H2;2*1-5,7H. The molecule has 3 rings (SSSR count). The van der Waals surface area contributed by atoms with E-state index in [9.17, 15) is 0 Å². The second-order valence-corrected chi connectivity index (χ2v) is 4.90. The molecule has 0 atom stereocenters. The van der Waals surface area contributed by atoms with Crippen LogP contribution in [0.4, 0.5) is 0 Å². The maximum Gasteiger partial charge on any atom is 0.115 e. The predicted molar refractivity (Wildman–Crippen MR) is 93.0 cm³/mol. The lowest BCUT2D eigenvalue weighted by atomic mass is 10.0. The van der Waals surface area contributed by atoms with Crippen molar-refractivity contribution >= 4 is 0 Å². The zero-order valence-electron chi connectivity index (χ0n) is 12.9. The molecular formula is C20H24O2. The molecule has 2 heteroatoms. The molecule has 0 heterocycles. The number of hydrogen-bond donors (Lipinski definition) is 2. The fourth-order valence-corrected chi connectivity index (χ4v) is 1.90. The molecule has 2 N–H and O–H groups in total. The summed E-state index contributed by atoms with van der Waals surface area (Å²) in [5.41, 5.74) is 1.44. The molecule has 0 spiro atoms. The van der Waals surface area contributed by atoms with Gasteiger partial charge >= 0.3 is 0 Å². The van der Waals surface area contributed by atoms with Gasteiger partial charge in [0.1, 0.15) is 11.5 Å². The molecule has 0 unspecified atom stereocenters. The summed E-state index contributed by atoms with van der Waals surface area (Å²) >= 11 is 0.